The summed E-state index contributed by atoms with van der Waals surface area (Å²) >= 11 is 0. The number of carbonyl (C=O) groups is 2. The zero-order chi connectivity index (χ0) is 26.5. The van der Waals surface area contributed by atoms with E-state index >= 15 is 0 Å². The summed E-state index contributed by atoms with van der Waals surface area (Å²) in [7, 11) is -1.07. The van der Waals surface area contributed by atoms with Crippen molar-refractivity contribution in [2.75, 3.05) is 0 Å². The Bertz CT molecular complexity index is 991. The van der Waals surface area contributed by atoms with Crippen LogP contribution in [-0.4, -0.2) is 42.4 Å². The summed E-state index contributed by atoms with van der Waals surface area (Å²) in [4.78, 5) is 25.1. The molecule has 1 aromatic rings. The highest BCUT2D eigenvalue weighted by molar-refractivity contribution is 6.60. The second-order valence-electron chi connectivity index (χ2n) is 11.2. The molecule has 4 rings (SSSR count). The highest BCUT2D eigenvalue weighted by Crippen LogP contribution is 2.45. The van der Waals surface area contributed by atoms with E-state index in [9.17, 15) is 14.6 Å². The van der Waals surface area contributed by atoms with E-state index in [-0.39, 0.29) is 54.4 Å². The second-order valence-corrected chi connectivity index (χ2v) is 11.2. The SMILES string of the molecule is CC[C@H](C)C(=O)O[C@H]1C[C@@H](C)C=C2C=C[C@H](C)[C@H](CC[C@@H]3C[C@@H](OB(O)c4ccccc4)CC(=O)O3)[C@H]21. The number of hydrogen-bond acceptors (Lipinski definition) is 6. The average molecular weight is 508 g/mol. The Morgan fingerprint density at radius 3 is 2.68 bits per heavy atom. The smallest absolute Gasteiger partial charge is 0.462 e. The van der Waals surface area contributed by atoms with Crippen LogP contribution in [0.2, 0.25) is 0 Å². The van der Waals surface area contributed by atoms with Gasteiger partial charge in [-0.05, 0) is 54.5 Å². The van der Waals surface area contributed by atoms with Crippen LogP contribution in [0.4, 0.5) is 0 Å². The van der Waals surface area contributed by atoms with Crippen LogP contribution in [0.1, 0.15) is 66.2 Å². The van der Waals surface area contributed by atoms with Gasteiger partial charge < -0.3 is 19.2 Å². The van der Waals surface area contributed by atoms with Crippen molar-refractivity contribution in [2.24, 2.45) is 29.6 Å². The summed E-state index contributed by atoms with van der Waals surface area (Å²) in [6, 6.07) is 9.20. The Kier molecular flexibility index (Phi) is 9.30. The van der Waals surface area contributed by atoms with Gasteiger partial charge in [-0.25, -0.2) is 0 Å². The van der Waals surface area contributed by atoms with Crippen molar-refractivity contribution in [1.82, 2.24) is 0 Å². The normalized spacial score (nSPS) is 32.1. The molecule has 8 atom stereocenters. The fourth-order valence-electron chi connectivity index (χ4n) is 6.04. The summed E-state index contributed by atoms with van der Waals surface area (Å²) in [5.41, 5.74) is 1.93. The van der Waals surface area contributed by atoms with E-state index in [1.807, 2.05) is 44.2 Å². The van der Waals surface area contributed by atoms with Crippen LogP contribution in [0.3, 0.4) is 0 Å². The van der Waals surface area contributed by atoms with Crippen molar-refractivity contribution in [2.45, 2.75) is 84.5 Å². The molecular weight excluding hydrogens is 467 g/mol. The quantitative estimate of drug-likeness (QED) is 0.388. The topological polar surface area (TPSA) is 82.1 Å². The molecule has 3 aliphatic rings. The van der Waals surface area contributed by atoms with Crippen molar-refractivity contribution in [3.63, 3.8) is 0 Å². The lowest BCUT2D eigenvalue weighted by molar-refractivity contribution is -0.162. The number of allylic oxidation sites excluding steroid dienone is 3. The van der Waals surface area contributed by atoms with E-state index in [0.717, 1.165) is 19.3 Å². The first-order chi connectivity index (χ1) is 17.7. The van der Waals surface area contributed by atoms with E-state index in [1.165, 1.54) is 5.57 Å². The minimum Gasteiger partial charge on any atom is -0.462 e. The van der Waals surface area contributed by atoms with Gasteiger partial charge in [-0.3, -0.25) is 9.59 Å². The molecule has 0 aromatic heterocycles. The molecule has 1 aromatic carbocycles. The Morgan fingerprint density at radius 2 is 1.95 bits per heavy atom. The number of benzene rings is 1. The molecule has 6 nitrogen and oxygen atoms in total. The van der Waals surface area contributed by atoms with Crippen molar-refractivity contribution < 1.29 is 28.7 Å². The Labute approximate surface area is 221 Å². The Hall–Kier alpha value is -2.38. The van der Waals surface area contributed by atoms with Crippen molar-refractivity contribution in [3.05, 3.63) is 54.1 Å². The first kappa shape index (κ1) is 27.7. The number of cyclic esters (lactones) is 1. The summed E-state index contributed by atoms with van der Waals surface area (Å²) in [5, 5.41) is 10.5. The predicted molar refractivity (Wildman–Crippen MR) is 144 cm³/mol. The molecule has 0 amide bonds. The van der Waals surface area contributed by atoms with Crippen LogP contribution in [0.25, 0.3) is 0 Å². The lowest BCUT2D eigenvalue weighted by Crippen LogP contribution is -2.43. The van der Waals surface area contributed by atoms with Gasteiger partial charge in [0.1, 0.15) is 12.2 Å². The minimum atomic E-state index is -1.07. The standard InChI is InChI=1S/C30H41BO6/c1-5-20(3)30(33)36-27-16-19(2)15-22-12-11-21(4)26(29(22)27)14-13-24-17-25(18-28(32)35-24)37-31(34)23-9-7-6-8-10-23/h6-12,15,19-21,24-27,29,34H,5,13-14,16-18H2,1-4H3/t19-,20-,21-,24+,25+,26-,27-,29-/m0/s1. The monoisotopic (exact) mass is 508 g/mol. The highest BCUT2D eigenvalue weighted by atomic mass is 16.6. The van der Waals surface area contributed by atoms with E-state index in [0.29, 0.717) is 30.1 Å². The van der Waals surface area contributed by atoms with Crippen LogP contribution in [0.15, 0.2) is 54.1 Å². The highest BCUT2D eigenvalue weighted by Gasteiger charge is 2.42. The fourth-order valence-corrected chi connectivity index (χ4v) is 6.04. The lowest BCUT2D eigenvalue weighted by Gasteiger charge is -2.43. The number of carbonyl (C=O) groups excluding carboxylic acids is 2. The van der Waals surface area contributed by atoms with Crippen LogP contribution in [-0.2, 0) is 23.7 Å². The molecular formula is C30H41BO6. The third-order valence-corrected chi connectivity index (χ3v) is 8.32. The van der Waals surface area contributed by atoms with Gasteiger partial charge in [0.2, 0.25) is 0 Å². The number of ether oxygens (including phenoxy) is 2. The number of fused-ring (bicyclic) bond motifs is 1. The van der Waals surface area contributed by atoms with E-state index in [2.05, 4.69) is 32.1 Å². The molecule has 0 unspecified atom stereocenters. The van der Waals surface area contributed by atoms with Gasteiger partial charge in [-0.15, -0.1) is 0 Å². The van der Waals surface area contributed by atoms with Gasteiger partial charge in [0, 0.05) is 12.3 Å². The molecule has 0 saturated carbocycles. The predicted octanol–water partition coefficient (Wildman–Crippen LogP) is 4.61. The maximum atomic E-state index is 12.7. The molecule has 37 heavy (non-hydrogen) atoms. The number of hydrogen-bond donors (Lipinski definition) is 1. The van der Waals surface area contributed by atoms with Gasteiger partial charge in [0.05, 0.1) is 18.4 Å². The lowest BCUT2D eigenvalue weighted by atomic mass is 9.65. The molecule has 0 spiro atoms. The van der Waals surface area contributed by atoms with E-state index < -0.39 is 7.12 Å². The molecule has 1 aliphatic heterocycles. The van der Waals surface area contributed by atoms with Crippen LogP contribution in [0, 0.1) is 29.6 Å². The molecule has 1 saturated heterocycles. The van der Waals surface area contributed by atoms with Crippen molar-refractivity contribution >= 4 is 24.5 Å². The van der Waals surface area contributed by atoms with Gasteiger partial charge >= 0.3 is 19.1 Å². The molecule has 1 N–H and O–H groups in total. The van der Waals surface area contributed by atoms with Crippen molar-refractivity contribution in [1.29, 1.82) is 0 Å². The first-order valence-corrected chi connectivity index (χ1v) is 13.9. The fraction of sp³-hybridized carbons (Fsp3) is 0.600. The Balaban J connectivity index is 1.42. The van der Waals surface area contributed by atoms with E-state index in [4.69, 9.17) is 14.1 Å². The zero-order valence-electron chi connectivity index (χ0n) is 22.5. The second kappa shape index (κ2) is 12.4. The van der Waals surface area contributed by atoms with Crippen LogP contribution >= 0.6 is 0 Å². The molecule has 200 valence electrons. The first-order valence-electron chi connectivity index (χ1n) is 13.9. The zero-order valence-corrected chi connectivity index (χ0v) is 22.5. The molecule has 2 aliphatic carbocycles. The molecule has 0 radical (unpaired) electrons. The summed E-state index contributed by atoms with van der Waals surface area (Å²) in [5.74, 6) is 0.610. The summed E-state index contributed by atoms with van der Waals surface area (Å²) in [6.45, 7) is 8.34. The number of rotatable bonds is 9. The third kappa shape index (κ3) is 6.94. The average Bonchev–Trinajstić information content (AvgIpc) is 2.87. The molecule has 1 fully saturated rings. The summed E-state index contributed by atoms with van der Waals surface area (Å²) < 4.78 is 17.7. The third-order valence-electron chi connectivity index (χ3n) is 8.32. The van der Waals surface area contributed by atoms with Crippen molar-refractivity contribution in [3.8, 4) is 0 Å². The minimum absolute atomic E-state index is 0.107. The molecule has 1 heterocycles. The van der Waals surface area contributed by atoms with E-state index in [1.54, 1.807) is 0 Å². The largest absolute Gasteiger partial charge is 0.491 e. The van der Waals surface area contributed by atoms with Gasteiger partial charge in [0.25, 0.3) is 0 Å². The maximum Gasteiger partial charge on any atom is 0.491 e. The molecule has 0 bridgehead atoms. The molecule has 7 heteroatoms. The van der Waals surface area contributed by atoms with Gasteiger partial charge in [-0.2, -0.15) is 0 Å². The van der Waals surface area contributed by atoms with Crippen LogP contribution in [0.5, 0.6) is 0 Å². The van der Waals surface area contributed by atoms with Gasteiger partial charge in [-0.1, -0.05) is 76.3 Å². The summed E-state index contributed by atoms with van der Waals surface area (Å²) in [6.07, 6.45) is 9.86. The Morgan fingerprint density at radius 1 is 1.19 bits per heavy atom. The number of esters is 2. The van der Waals surface area contributed by atoms with Crippen LogP contribution < -0.4 is 5.46 Å². The maximum absolute atomic E-state index is 12.7. The van der Waals surface area contributed by atoms with Gasteiger partial charge in [0.15, 0.2) is 0 Å².